The second kappa shape index (κ2) is 5.11. The highest BCUT2D eigenvalue weighted by atomic mass is 16.1. The lowest BCUT2D eigenvalue weighted by Crippen LogP contribution is -2.24. The van der Waals surface area contributed by atoms with Crippen LogP contribution in [0.2, 0.25) is 0 Å². The van der Waals surface area contributed by atoms with Crippen LogP contribution in [0, 0.1) is 0 Å². The van der Waals surface area contributed by atoms with Crippen molar-refractivity contribution in [3.05, 3.63) is 47.2 Å². The molecule has 0 aromatic heterocycles. The molecule has 0 radical (unpaired) electrons. The van der Waals surface area contributed by atoms with Crippen molar-refractivity contribution in [1.82, 2.24) is 0 Å². The lowest BCUT2D eigenvalue weighted by atomic mass is 10.0. The standard InChI is InChI=1S/C12H14N2O2/c1-8(11(13)12(14)16)10(15)7-9-5-3-2-4-6-9/h2-6H,7,13H2,1H3,(H2,14,16)/b11-8+. The Balaban J connectivity index is 2.82. The molecule has 84 valence electrons. The van der Waals surface area contributed by atoms with Gasteiger partial charge in [0.25, 0.3) is 5.91 Å². The zero-order valence-corrected chi connectivity index (χ0v) is 9.07. The van der Waals surface area contributed by atoms with Crippen molar-refractivity contribution in [3.8, 4) is 0 Å². The molecule has 4 N–H and O–H groups in total. The zero-order chi connectivity index (χ0) is 12.1. The molecule has 1 rings (SSSR count). The second-order valence-electron chi connectivity index (χ2n) is 3.49. The van der Waals surface area contributed by atoms with Gasteiger partial charge in [0.1, 0.15) is 5.70 Å². The molecule has 0 aliphatic carbocycles. The van der Waals surface area contributed by atoms with Crippen LogP contribution >= 0.6 is 0 Å². The minimum Gasteiger partial charge on any atom is -0.394 e. The maximum absolute atomic E-state index is 11.7. The predicted octanol–water partition coefficient (Wildman–Crippen LogP) is 0.516. The highest BCUT2D eigenvalue weighted by molar-refractivity contribution is 6.04. The van der Waals surface area contributed by atoms with Gasteiger partial charge in [-0.3, -0.25) is 9.59 Å². The van der Waals surface area contributed by atoms with Crippen molar-refractivity contribution in [2.45, 2.75) is 13.3 Å². The van der Waals surface area contributed by atoms with Crippen LogP contribution in [-0.2, 0) is 16.0 Å². The molecule has 0 saturated heterocycles. The van der Waals surface area contributed by atoms with Gasteiger partial charge in [-0.05, 0) is 12.5 Å². The first-order valence-electron chi connectivity index (χ1n) is 4.85. The van der Waals surface area contributed by atoms with Crippen LogP contribution in [-0.4, -0.2) is 11.7 Å². The largest absolute Gasteiger partial charge is 0.394 e. The third-order valence-electron chi connectivity index (χ3n) is 2.30. The Morgan fingerprint density at radius 2 is 1.69 bits per heavy atom. The van der Waals surface area contributed by atoms with E-state index in [0.717, 1.165) is 5.56 Å². The highest BCUT2D eigenvalue weighted by Gasteiger charge is 2.12. The van der Waals surface area contributed by atoms with Crippen LogP contribution in [0.3, 0.4) is 0 Å². The van der Waals surface area contributed by atoms with E-state index in [-0.39, 0.29) is 23.5 Å². The summed E-state index contributed by atoms with van der Waals surface area (Å²) in [7, 11) is 0. The van der Waals surface area contributed by atoms with Gasteiger partial charge in [0.05, 0.1) is 0 Å². The van der Waals surface area contributed by atoms with Crippen LogP contribution in [0.25, 0.3) is 0 Å². The van der Waals surface area contributed by atoms with E-state index in [1.807, 2.05) is 30.3 Å². The first kappa shape index (κ1) is 12.0. The number of carbonyl (C=O) groups is 2. The quantitative estimate of drug-likeness (QED) is 0.722. The molecule has 0 aliphatic rings. The maximum atomic E-state index is 11.7. The molecule has 0 unspecified atom stereocenters. The normalized spacial score (nSPS) is 11.8. The van der Waals surface area contributed by atoms with Crippen LogP contribution in [0.4, 0.5) is 0 Å². The topological polar surface area (TPSA) is 86.2 Å². The number of benzene rings is 1. The molecule has 4 heteroatoms. The zero-order valence-electron chi connectivity index (χ0n) is 9.07. The molecule has 16 heavy (non-hydrogen) atoms. The number of rotatable bonds is 4. The third-order valence-corrected chi connectivity index (χ3v) is 2.30. The number of carbonyl (C=O) groups excluding carboxylic acids is 2. The summed E-state index contributed by atoms with van der Waals surface area (Å²) in [5.41, 5.74) is 11.3. The van der Waals surface area contributed by atoms with Gasteiger partial charge in [-0.25, -0.2) is 0 Å². The number of allylic oxidation sites excluding steroid dienone is 1. The molecular formula is C12H14N2O2. The number of Topliss-reactive ketones (excluding diaryl/α,β-unsaturated/α-hetero) is 1. The predicted molar refractivity (Wildman–Crippen MR) is 61.2 cm³/mol. The van der Waals surface area contributed by atoms with E-state index in [4.69, 9.17) is 11.5 Å². The molecule has 4 nitrogen and oxygen atoms in total. The monoisotopic (exact) mass is 218 g/mol. The van der Waals surface area contributed by atoms with E-state index >= 15 is 0 Å². The SMILES string of the molecule is C/C(C(=O)Cc1ccccc1)=C(\N)C(N)=O. The van der Waals surface area contributed by atoms with E-state index in [1.165, 1.54) is 6.92 Å². The molecule has 1 amide bonds. The van der Waals surface area contributed by atoms with Gasteiger partial charge in [0.2, 0.25) is 0 Å². The van der Waals surface area contributed by atoms with Gasteiger partial charge in [-0.1, -0.05) is 30.3 Å². The minimum absolute atomic E-state index is 0.166. The average molecular weight is 218 g/mol. The van der Waals surface area contributed by atoms with Crippen molar-refractivity contribution in [2.75, 3.05) is 0 Å². The van der Waals surface area contributed by atoms with Crippen molar-refractivity contribution >= 4 is 11.7 Å². The molecule has 0 atom stereocenters. The summed E-state index contributed by atoms with van der Waals surface area (Å²) in [5.74, 6) is -0.957. The fourth-order valence-electron chi connectivity index (χ4n) is 1.25. The van der Waals surface area contributed by atoms with Crippen LogP contribution in [0.15, 0.2) is 41.6 Å². The lowest BCUT2D eigenvalue weighted by Gasteiger charge is -2.04. The summed E-state index contributed by atoms with van der Waals surface area (Å²) in [6.45, 7) is 1.51. The van der Waals surface area contributed by atoms with Crippen molar-refractivity contribution in [2.24, 2.45) is 11.5 Å². The van der Waals surface area contributed by atoms with Crippen LogP contribution in [0.1, 0.15) is 12.5 Å². The average Bonchev–Trinajstić information content (AvgIpc) is 2.28. The summed E-state index contributed by atoms with van der Waals surface area (Å²) in [4.78, 5) is 22.5. The molecule has 0 saturated carbocycles. The van der Waals surface area contributed by atoms with E-state index in [2.05, 4.69) is 0 Å². The van der Waals surface area contributed by atoms with E-state index < -0.39 is 5.91 Å². The Morgan fingerprint density at radius 1 is 1.12 bits per heavy atom. The summed E-state index contributed by atoms with van der Waals surface area (Å²) >= 11 is 0. The third kappa shape index (κ3) is 2.95. The van der Waals surface area contributed by atoms with Gasteiger partial charge in [-0.15, -0.1) is 0 Å². The number of hydrogen-bond donors (Lipinski definition) is 2. The molecule has 0 heterocycles. The number of primary amides is 1. The fourth-order valence-corrected chi connectivity index (χ4v) is 1.25. The Labute approximate surface area is 93.9 Å². The second-order valence-corrected chi connectivity index (χ2v) is 3.49. The van der Waals surface area contributed by atoms with Gasteiger partial charge in [-0.2, -0.15) is 0 Å². The molecule has 1 aromatic rings. The number of amides is 1. The van der Waals surface area contributed by atoms with Gasteiger partial charge < -0.3 is 11.5 Å². The first-order chi connectivity index (χ1) is 7.52. The maximum Gasteiger partial charge on any atom is 0.264 e. The van der Waals surface area contributed by atoms with E-state index in [0.29, 0.717) is 0 Å². The van der Waals surface area contributed by atoms with Gasteiger partial charge in [0, 0.05) is 12.0 Å². The van der Waals surface area contributed by atoms with Crippen molar-refractivity contribution < 1.29 is 9.59 Å². The van der Waals surface area contributed by atoms with E-state index in [9.17, 15) is 9.59 Å². The fraction of sp³-hybridized carbons (Fsp3) is 0.167. The number of ketones is 1. The van der Waals surface area contributed by atoms with Gasteiger partial charge in [0.15, 0.2) is 5.78 Å². The van der Waals surface area contributed by atoms with Gasteiger partial charge >= 0.3 is 0 Å². The van der Waals surface area contributed by atoms with Crippen molar-refractivity contribution in [1.29, 1.82) is 0 Å². The van der Waals surface area contributed by atoms with Crippen LogP contribution in [0.5, 0.6) is 0 Å². The highest BCUT2D eigenvalue weighted by Crippen LogP contribution is 2.06. The summed E-state index contributed by atoms with van der Waals surface area (Å²) in [5, 5.41) is 0. The van der Waals surface area contributed by atoms with Crippen molar-refractivity contribution in [3.63, 3.8) is 0 Å². The Hall–Kier alpha value is -2.10. The molecule has 0 bridgehead atoms. The molecule has 1 aromatic carbocycles. The molecule has 0 spiro atoms. The summed E-state index contributed by atoms with van der Waals surface area (Å²) in [6, 6.07) is 9.24. The smallest absolute Gasteiger partial charge is 0.264 e. The first-order valence-corrected chi connectivity index (χ1v) is 4.85. The Kier molecular flexibility index (Phi) is 3.83. The Morgan fingerprint density at radius 3 is 2.19 bits per heavy atom. The number of hydrogen-bond acceptors (Lipinski definition) is 3. The Bertz CT molecular complexity index is 436. The lowest BCUT2D eigenvalue weighted by molar-refractivity contribution is -0.117. The summed E-state index contributed by atoms with van der Waals surface area (Å²) < 4.78 is 0. The molecular weight excluding hydrogens is 204 g/mol. The van der Waals surface area contributed by atoms with Crippen LogP contribution < -0.4 is 11.5 Å². The summed E-state index contributed by atoms with van der Waals surface area (Å²) in [6.07, 6.45) is 0.223. The molecule has 0 fully saturated rings. The minimum atomic E-state index is -0.765. The van der Waals surface area contributed by atoms with E-state index in [1.54, 1.807) is 0 Å². The molecule has 0 aliphatic heterocycles. The number of nitrogens with two attached hydrogens (primary N) is 2.